The first-order chi connectivity index (χ1) is 5.67. The van der Waals surface area contributed by atoms with Crippen LogP contribution in [0.15, 0.2) is 0 Å². The summed E-state index contributed by atoms with van der Waals surface area (Å²) >= 11 is 0. The molecule has 0 heterocycles. The predicted octanol–water partition coefficient (Wildman–Crippen LogP) is 1.24. The highest BCUT2D eigenvalue weighted by molar-refractivity contribution is 5.79. The third-order valence-corrected chi connectivity index (χ3v) is 2.71. The summed E-state index contributed by atoms with van der Waals surface area (Å²) < 4.78 is 0. The SMILES string of the molecule is CCNC(CC)(C(=O)O)C1CC1. The second kappa shape index (κ2) is 3.44. The van der Waals surface area contributed by atoms with Crippen molar-refractivity contribution in [2.45, 2.75) is 38.6 Å². The normalized spacial score (nSPS) is 21.8. The van der Waals surface area contributed by atoms with Crippen molar-refractivity contribution in [3.05, 3.63) is 0 Å². The highest BCUT2D eigenvalue weighted by Gasteiger charge is 2.49. The van der Waals surface area contributed by atoms with Crippen LogP contribution in [0.3, 0.4) is 0 Å². The smallest absolute Gasteiger partial charge is 0.324 e. The fourth-order valence-electron chi connectivity index (χ4n) is 1.85. The summed E-state index contributed by atoms with van der Waals surface area (Å²) in [6.07, 6.45) is 2.81. The zero-order chi connectivity index (χ0) is 9.19. The van der Waals surface area contributed by atoms with Crippen LogP contribution in [0.4, 0.5) is 0 Å². The maximum absolute atomic E-state index is 11.1. The van der Waals surface area contributed by atoms with E-state index < -0.39 is 11.5 Å². The zero-order valence-corrected chi connectivity index (χ0v) is 7.76. The van der Waals surface area contributed by atoms with Crippen molar-refractivity contribution in [3.8, 4) is 0 Å². The van der Waals surface area contributed by atoms with Crippen LogP contribution in [0, 0.1) is 5.92 Å². The monoisotopic (exact) mass is 171 g/mol. The second-order valence-corrected chi connectivity index (χ2v) is 3.43. The van der Waals surface area contributed by atoms with Crippen LogP contribution >= 0.6 is 0 Å². The molecule has 0 aromatic rings. The third-order valence-electron chi connectivity index (χ3n) is 2.71. The zero-order valence-electron chi connectivity index (χ0n) is 7.76. The van der Waals surface area contributed by atoms with Crippen molar-refractivity contribution in [2.75, 3.05) is 6.54 Å². The summed E-state index contributed by atoms with van der Waals surface area (Å²) in [6.45, 7) is 4.63. The molecule has 0 bridgehead atoms. The number of carboxylic acids is 1. The van der Waals surface area contributed by atoms with Gasteiger partial charge in [0.25, 0.3) is 0 Å². The minimum atomic E-state index is -0.686. The summed E-state index contributed by atoms with van der Waals surface area (Å²) in [5.74, 6) is -0.325. The Hall–Kier alpha value is -0.570. The third kappa shape index (κ3) is 1.46. The lowest BCUT2D eigenvalue weighted by Crippen LogP contribution is -2.53. The van der Waals surface area contributed by atoms with E-state index in [-0.39, 0.29) is 0 Å². The molecule has 0 aliphatic heterocycles. The summed E-state index contributed by atoms with van der Waals surface area (Å²) in [5, 5.41) is 12.2. The van der Waals surface area contributed by atoms with E-state index in [9.17, 15) is 4.79 Å². The Morgan fingerprint density at radius 3 is 2.42 bits per heavy atom. The topological polar surface area (TPSA) is 49.3 Å². The molecule has 1 unspecified atom stereocenters. The molecular weight excluding hydrogens is 154 g/mol. The quantitative estimate of drug-likeness (QED) is 0.654. The fraction of sp³-hybridized carbons (Fsp3) is 0.889. The van der Waals surface area contributed by atoms with Crippen molar-refractivity contribution in [1.29, 1.82) is 0 Å². The molecule has 1 saturated carbocycles. The van der Waals surface area contributed by atoms with Crippen LogP contribution in [0.1, 0.15) is 33.1 Å². The van der Waals surface area contributed by atoms with E-state index in [0.717, 1.165) is 19.4 Å². The van der Waals surface area contributed by atoms with Crippen LogP contribution < -0.4 is 5.32 Å². The molecule has 0 saturated heterocycles. The molecular formula is C9H17NO2. The van der Waals surface area contributed by atoms with Crippen molar-refractivity contribution >= 4 is 5.97 Å². The number of hydrogen-bond acceptors (Lipinski definition) is 2. The van der Waals surface area contributed by atoms with E-state index in [1.165, 1.54) is 0 Å². The van der Waals surface area contributed by atoms with Gasteiger partial charge in [-0.2, -0.15) is 0 Å². The van der Waals surface area contributed by atoms with Crippen molar-refractivity contribution in [3.63, 3.8) is 0 Å². The van der Waals surface area contributed by atoms with Crippen molar-refractivity contribution < 1.29 is 9.90 Å². The molecule has 3 nitrogen and oxygen atoms in total. The van der Waals surface area contributed by atoms with Crippen molar-refractivity contribution in [2.24, 2.45) is 5.92 Å². The van der Waals surface area contributed by atoms with Gasteiger partial charge in [0.1, 0.15) is 5.54 Å². The van der Waals surface area contributed by atoms with Gasteiger partial charge in [0, 0.05) is 0 Å². The van der Waals surface area contributed by atoms with Crippen molar-refractivity contribution in [1.82, 2.24) is 5.32 Å². The molecule has 0 radical (unpaired) electrons. The number of nitrogens with one attached hydrogen (secondary N) is 1. The molecule has 3 heteroatoms. The lowest BCUT2D eigenvalue weighted by molar-refractivity contribution is -0.146. The fourth-order valence-corrected chi connectivity index (χ4v) is 1.85. The molecule has 12 heavy (non-hydrogen) atoms. The van der Waals surface area contributed by atoms with E-state index >= 15 is 0 Å². The molecule has 2 N–H and O–H groups in total. The minimum absolute atomic E-state index is 0.361. The molecule has 0 amide bonds. The predicted molar refractivity (Wildman–Crippen MR) is 47.1 cm³/mol. The van der Waals surface area contributed by atoms with Crippen LogP contribution in [-0.4, -0.2) is 23.2 Å². The Morgan fingerprint density at radius 1 is 1.58 bits per heavy atom. The molecule has 1 fully saturated rings. The number of rotatable bonds is 5. The van der Waals surface area contributed by atoms with Gasteiger partial charge in [0.2, 0.25) is 0 Å². The Balaban J connectivity index is 2.71. The number of carbonyl (C=O) groups is 1. The average molecular weight is 171 g/mol. The molecule has 1 atom stereocenters. The standard InChI is InChI=1S/C9H17NO2/c1-3-9(8(11)12,10-4-2)7-5-6-7/h7,10H,3-6H2,1-2H3,(H,11,12). The largest absolute Gasteiger partial charge is 0.480 e. The van der Waals surface area contributed by atoms with Crippen LogP contribution in [-0.2, 0) is 4.79 Å². The van der Waals surface area contributed by atoms with Crippen LogP contribution in [0.2, 0.25) is 0 Å². The first kappa shape index (κ1) is 9.52. The Morgan fingerprint density at radius 2 is 2.17 bits per heavy atom. The highest BCUT2D eigenvalue weighted by atomic mass is 16.4. The van der Waals surface area contributed by atoms with Gasteiger partial charge in [-0.05, 0) is 31.7 Å². The van der Waals surface area contributed by atoms with Gasteiger partial charge in [-0.15, -0.1) is 0 Å². The second-order valence-electron chi connectivity index (χ2n) is 3.43. The molecule has 0 aromatic heterocycles. The lowest BCUT2D eigenvalue weighted by Gasteiger charge is -2.28. The van der Waals surface area contributed by atoms with Gasteiger partial charge < -0.3 is 10.4 Å². The van der Waals surface area contributed by atoms with E-state index in [0.29, 0.717) is 12.3 Å². The maximum Gasteiger partial charge on any atom is 0.324 e. The Kier molecular flexibility index (Phi) is 2.73. The van der Waals surface area contributed by atoms with Gasteiger partial charge in [-0.25, -0.2) is 0 Å². The van der Waals surface area contributed by atoms with Crippen LogP contribution in [0.5, 0.6) is 0 Å². The number of carboxylic acid groups (broad SMARTS) is 1. The molecule has 0 aromatic carbocycles. The average Bonchev–Trinajstić information content (AvgIpc) is 2.82. The first-order valence-electron chi connectivity index (χ1n) is 4.65. The van der Waals surface area contributed by atoms with Gasteiger partial charge in [0.15, 0.2) is 0 Å². The van der Waals surface area contributed by atoms with Gasteiger partial charge in [-0.1, -0.05) is 13.8 Å². The Bertz CT molecular complexity index is 177. The first-order valence-corrected chi connectivity index (χ1v) is 4.65. The maximum atomic E-state index is 11.1. The van der Waals surface area contributed by atoms with E-state index in [1.807, 2.05) is 13.8 Å². The molecule has 1 aliphatic rings. The van der Waals surface area contributed by atoms with E-state index in [2.05, 4.69) is 5.32 Å². The van der Waals surface area contributed by atoms with E-state index in [4.69, 9.17) is 5.11 Å². The summed E-state index contributed by atoms with van der Waals surface area (Å²) in [5.41, 5.74) is -0.630. The van der Waals surface area contributed by atoms with Crippen LogP contribution in [0.25, 0.3) is 0 Å². The Labute approximate surface area is 73.2 Å². The van der Waals surface area contributed by atoms with Gasteiger partial charge in [0.05, 0.1) is 0 Å². The number of hydrogen-bond donors (Lipinski definition) is 2. The lowest BCUT2D eigenvalue weighted by atomic mass is 9.90. The molecule has 1 rings (SSSR count). The summed E-state index contributed by atoms with van der Waals surface area (Å²) in [7, 11) is 0. The van der Waals surface area contributed by atoms with E-state index in [1.54, 1.807) is 0 Å². The van der Waals surface area contributed by atoms with Gasteiger partial charge in [-0.3, -0.25) is 4.79 Å². The molecule has 1 aliphatic carbocycles. The molecule has 70 valence electrons. The summed E-state index contributed by atoms with van der Waals surface area (Å²) in [4.78, 5) is 11.1. The summed E-state index contributed by atoms with van der Waals surface area (Å²) in [6, 6.07) is 0. The highest BCUT2D eigenvalue weighted by Crippen LogP contribution is 2.41. The number of likely N-dealkylation sites (N-methyl/N-ethyl adjacent to an activating group) is 1. The molecule has 0 spiro atoms. The minimum Gasteiger partial charge on any atom is -0.480 e. The van der Waals surface area contributed by atoms with Gasteiger partial charge >= 0.3 is 5.97 Å². The number of aliphatic carboxylic acids is 1.